The van der Waals surface area contributed by atoms with Gasteiger partial charge < -0.3 is 19.5 Å². The molecule has 1 unspecified atom stereocenters. The highest BCUT2D eigenvalue weighted by Crippen LogP contribution is 2.57. The molecule has 1 atom stereocenters. The highest BCUT2D eigenvalue weighted by atomic mass is 35.5. The lowest BCUT2D eigenvalue weighted by molar-refractivity contribution is -0.120. The number of halogens is 1. The number of nitrogens with zero attached hydrogens (tertiary/aromatic N) is 5. The minimum Gasteiger partial charge on any atom is -0.465 e. The summed E-state index contributed by atoms with van der Waals surface area (Å²) in [6.45, 7) is 1.19. The van der Waals surface area contributed by atoms with Gasteiger partial charge in [0, 0.05) is 24.3 Å². The van der Waals surface area contributed by atoms with Gasteiger partial charge in [0.25, 0.3) is 0 Å². The number of anilines is 1. The van der Waals surface area contributed by atoms with Crippen LogP contribution in [0.3, 0.4) is 0 Å². The largest absolute Gasteiger partial charge is 0.465 e. The average Bonchev–Trinajstić information content (AvgIpc) is 3.18. The normalized spacial score (nSPS) is 21.3. The molecule has 158 valence electrons. The van der Waals surface area contributed by atoms with E-state index in [2.05, 4.69) is 9.55 Å². The van der Waals surface area contributed by atoms with Crippen LogP contribution in [-0.4, -0.2) is 49.6 Å². The Balaban J connectivity index is 1.44. The molecule has 0 radical (unpaired) electrons. The Morgan fingerprint density at radius 3 is 2.87 bits per heavy atom. The summed E-state index contributed by atoms with van der Waals surface area (Å²) < 4.78 is 2.09. The fourth-order valence-corrected chi connectivity index (χ4v) is 5.33. The van der Waals surface area contributed by atoms with Gasteiger partial charge in [0.15, 0.2) is 0 Å². The quantitative estimate of drug-likeness (QED) is 0.676. The number of rotatable bonds is 3. The van der Waals surface area contributed by atoms with Crippen molar-refractivity contribution in [1.29, 1.82) is 0 Å². The highest BCUT2D eigenvalue weighted by molar-refractivity contribution is 6.31. The van der Waals surface area contributed by atoms with Crippen LogP contribution < -0.4 is 4.90 Å². The van der Waals surface area contributed by atoms with Crippen molar-refractivity contribution in [2.75, 3.05) is 18.0 Å². The molecule has 1 N–H and O–H groups in total. The second kappa shape index (κ2) is 6.43. The first-order chi connectivity index (χ1) is 15.0. The standard InChI is InChI=1S/C22H20ClN5O3/c23-13-1-2-17-16(9-13)25-19(28(17)14-4-8-26(11-14)21(30)31)12-27-18-10-24-7-3-15(18)22(5-6-22)20(27)29/h1-3,7,9-10,14H,4-6,8,11-12H2,(H,30,31). The number of hydrogen-bond donors (Lipinski definition) is 1. The lowest BCUT2D eigenvalue weighted by Gasteiger charge is -2.21. The Bertz CT molecular complexity index is 1250. The van der Waals surface area contributed by atoms with E-state index in [0.717, 1.165) is 41.0 Å². The predicted molar refractivity (Wildman–Crippen MR) is 114 cm³/mol. The van der Waals surface area contributed by atoms with Gasteiger partial charge in [0.05, 0.1) is 40.9 Å². The van der Waals surface area contributed by atoms with E-state index < -0.39 is 11.5 Å². The fourth-order valence-electron chi connectivity index (χ4n) is 5.16. The summed E-state index contributed by atoms with van der Waals surface area (Å²) in [5, 5.41) is 10.00. The number of benzene rings is 1. The van der Waals surface area contributed by atoms with E-state index in [4.69, 9.17) is 16.6 Å². The summed E-state index contributed by atoms with van der Waals surface area (Å²) in [6.07, 6.45) is 5.01. The molecule has 8 nitrogen and oxygen atoms in total. The Kier molecular flexibility index (Phi) is 3.87. The first kappa shape index (κ1) is 18.6. The SMILES string of the molecule is O=C(O)N1CCC(n2c(CN3C(=O)C4(CC4)c4ccncc43)nc3cc(Cl)ccc32)C1. The predicted octanol–water partition coefficient (Wildman–Crippen LogP) is 3.59. The maximum Gasteiger partial charge on any atom is 0.407 e. The van der Waals surface area contributed by atoms with Gasteiger partial charge in [-0.25, -0.2) is 9.78 Å². The maximum absolute atomic E-state index is 13.3. The van der Waals surface area contributed by atoms with Gasteiger partial charge in [0.2, 0.25) is 5.91 Å². The van der Waals surface area contributed by atoms with E-state index in [-0.39, 0.29) is 11.9 Å². The van der Waals surface area contributed by atoms with Crippen LogP contribution >= 0.6 is 11.6 Å². The van der Waals surface area contributed by atoms with E-state index >= 15 is 0 Å². The minimum absolute atomic E-state index is 0.0433. The van der Waals surface area contributed by atoms with Gasteiger partial charge in [-0.15, -0.1) is 0 Å². The maximum atomic E-state index is 13.3. The molecule has 6 rings (SSSR count). The second-order valence-electron chi connectivity index (χ2n) is 8.57. The number of amides is 2. The van der Waals surface area contributed by atoms with Crippen LogP contribution in [0.25, 0.3) is 11.0 Å². The number of likely N-dealkylation sites (tertiary alicyclic amines) is 1. The Labute approximate surface area is 183 Å². The molecule has 2 aromatic heterocycles. The molecule has 2 amide bonds. The molecule has 1 saturated carbocycles. The van der Waals surface area contributed by atoms with Crippen molar-refractivity contribution in [3.63, 3.8) is 0 Å². The van der Waals surface area contributed by atoms with Crippen LogP contribution in [0.4, 0.5) is 10.5 Å². The molecule has 1 aromatic carbocycles. The van der Waals surface area contributed by atoms with Crippen LogP contribution in [0, 0.1) is 0 Å². The summed E-state index contributed by atoms with van der Waals surface area (Å²) in [6, 6.07) is 7.45. The van der Waals surface area contributed by atoms with Crippen LogP contribution in [0.15, 0.2) is 36.7 Å². The highest BCUT2D eigenvalue weighted by Gasteiger charge is 2.59. The van der Waals surface area contributed by atoms with Crippen molar-refractivity contribution < 1.29 is 14.7 Å². The zero-order valence-corrected chi connectivity index (χ0v) is 17.4. The van der Waals surface area contributed by atoms with Gasteiger partial charge in [-0.2, -0.15) is 0 Å². The van der Waals surface area contributed by atoms with Gasteiger partial charge in [-0.1, -0.05) is 11.6 Å². The van der Waals surface area contributed by atoms with Crippen LogP contribution in [0.5, 0.6) is 0 Å². The molecule has 3 aliphatic rings. The molecule has 1 saturated heterocycles. The first-order valence-corrected chi connectivity index (χ1v) is 10.8. The number of hydrogen-bond acceptors (Lipinski definition) is 4. The number of imidazole rings is 1. The van der Waals surface area contributed by atoms with Crippen LogP contribution in [0.2, 0.25) is 5.02 Å². The lowest BCUT2D eigenvalue weighted by Crippen LogP contribution is -2.33. The lowest BCUT2D eigenvalue weighted by atomic mass is 9.99. The third kappa shape index (κ3) is 2.67. The van der Waals surface area contributed by atoms with Crippen molar-refractivity contribution in [1.82, 2.24) is 19.4 Å². The van der Waals surface area contributed by atoms with Crippen molar-refractivity contribution in [2.45, 2.75) is 37.3 Å². The van der Waals surface area contributed by atoms with E-state index in [1.807, 2.05) is 24.3 Å². The van der Waals surface area contributed by atoms with Gasteiger partial charge in [-0.05, 0) is 49.1 Å². The topological polar surface area (TPSA) is 91.6 Å². The molecule has 4 heterocycles. The van der Waals surface area contributed by atoms with Crippen molar-refractivity contribution in [3.8, 4) is 0 Å². The van der Waals surface area contributed by atoms with E-state index in [9.17, 15) is 14.7 Å². The Hall–Kier alpha value is -3.13. The monoisotopic (exact) mass is 437 g/mol. The van der Waals surface area contributed by atoms with Gasteiger partial charge in [-0.3, -0.25) is 9.78 Å². The summed E-state index contributed by atoms with van der Waals surface area (Å²) in [5.74, 6) is 0.834. The van der Waals surface area contributed by atoms with Crippen molar-refractivity contribution >= 4 is 40.3 Å². The van der Waals surface area contributed by atoms with Crippen molar-refractivity contribution in [2.24, 2.45) is 0 Å². The minimum atomic E-state index is -0.915. The molecule has 1 aliphatic carbocycles. The summed E-state index contributed by atoms with van der Waals surface area (Å²) in [5.41, 5.74) is 3.15. The smallest absolute Gasteiger partial charge is 0.407 e. The number of carboxylic acid groups (broad SMARTS) is 1. The molecule has 2 aliphatic heterocycles. The molecular formula is C22H20ClN5O3. The number of carbonyl (C=O) groups is 2. The number of carbonyl (C=O) groups excluding carboxylic acids is 1. The summed E-state index contributed by atoms with van der Waals surface area (Å²) >= 11 is 6.20. The van der Waals surface area contributed by atoms with E-state index in [0.29, 0.717) is 31.1 Å². The molecular weight excluding hydrogens is 418 g/mol. The average molecular weight is 438 g/mol. The van der Waals surface area contributed by atoms with Crippen molar-refractivity contribution in [3.05, 3.63) is 53.1 Å². The molecule has 1 spiro atoms. The van der Waals surface area contributed by atoms with Crippen LogP contribution in [0.1, 0.15) is 36.7 Å². The van der Waals surface area contributed by atoms with Gasteiger partial charge >= 0.3 is 6.09 Å². The Morgan fingerprint density at radius 2 is 2.13 bits per heavy atom. The van der Waals surface area contributed by atoms with E-state index in [1.54, 1.807) is 17.3 Å². The first-order valence-electron chi connectivity index (χ1n) is 10.4. The summed E-state index contributed by atoms with van der Waals surface area (Å²) in [4.78, 5) is 37.1. The number of aromatic nitrogens is 3. The fraction of sp³-hybridized carbons (Fsp3) is 0.364. The molecule has 2 fully saturated rings. The third-order valence-electron chi connectivity index (χ3n) is 6.83. The second-order valence-corrected chi connectivity index (χ2v) is 9.00. The zero-order chi connectivity index (χ0) is 21.3. The number of fused-ring (bicyclic) bond motifs is 3. The Morgan fingerprint density at radius 1 is 1.29 bits per heavy atom. The molecule has 3 aromatic rings. The molecule has 9 heteroatoms. The van der Waals surface area contributed by atoms with E-state index in [1.165, 1.54) is 4.90 Å². The molecule has 0 bridgehead atoms. The summed E-state index contributed by atoms with van der Waals surface area (Å²) in [7, 11) is 0. The molecule has 31 heavy (non-hydrogen) atoms. The van der Waals surface area contributed by atoms with Crippen LogP contribution in [-0.2, 0) is 16.8 Å². The zero-order valence-electron chi connectivity index (χ0n) is 16.7. The van der Waals surface area contributed by atoms with Gasteiger partial charge in [0.1, 0.15) is 5.82 Å². The third-order valence-corrected chi connectivity index (χ3v) is 7.07. The number of pyridine rings is 1.